The highest BCUT2D eigenvalue weighted by molar-refractivity contribution is 7.91. The number of carbonyl (C=O) groups excluding carboxylic acids is 2. The number of sulfone groups is 1. The summed E-state index contributed by atoms with van der Waals surface area (Å²) in [4.78, 5) is 30.6. The third-order valence-corrected chi connectivity index (χ3v) is 10.5. The Kier molecular flexibility index (Phi) is 9.87. The third kappa shape index (κ3) is 7.93. The van der Waals surface area contributed by atoms with E-state index in [1.807, 2.05) is 7.05 Å². The van der Waals surface area contributed by atoms with Crippen LogP contribution in [0.2, 0.25) is 5.02 Å². The molecule has 0 bridgehead atoms. The summed E-state index contributed by atoms with van der Waals surface area (Å²) < 4.78 is 68.9. The van der Waals surface area contributed by atoms with Crippen LogP contribution in [0.5, 0.6) is 5.75 Å². The topological polar surface area (TPSA) is 122 Å². The number of amides is 2. The Morgan fingerprint density at radius 3 is 2.47 bits per heavy atom. The van der Waals surface area contributed by atoms with Crippen molar-refractivity contribution < 1.29 is 35.9 Å². The van der Waals surface area contributed by atoms with E-state index in [0.29, 0.717) is 24.4 Å². The van der Waals surface area contributed by atoms with Crippen molar-refractivity contribution >= 4 is 38.9 Å². The Morgan fingerprint density at radius 1 is 1.16 bits per heavy atom. The number of hydrogen-bond donors (Lipinski definition) is 2. The van der Waals surface area contributed by atoms with Gasteiger partial charge in [-0.25, -0.2) is 8.42 Å². The van der Waals surface area contributed by atoms with Crippen LogP contribution in [-0.2, 0) is 14.6 Å². The van der Waals surface area contributed by atoms with Gasteiger partial charge in [0.05, 0.1) is 16.2 Å². The smallest absolute Gasteiger partial charge is 0.406 e. The second kappa shape index (κ2) is 12.9. The molecular weight excluding hydrogens is 609 g/mol. The monoisotopic (exact) mass is 644 g/mol. The van der Waals surface area contributed by atoms with Crippen molar-refractivity contribution in [3.05, 3.63) is 53.1 Å². The molecule has 1 saturated heterocycles. The van der Waals surface area contributed by atoms with E-state index >= 15 is 0 Å². The summed E-state index contributed by atoms with van der Waals surface area (Å²) in [6.45, 7) is 4.43. The minimum absolute atomic E-state index is 0.0746. The minimum atomic E-state index is -4.95. The van der Waals surface area contributed by atoms with Crippen LogP contribution >= 0.6 is 11.6 Å². The van der Waals surface area contributed by atoms with Crippen molar-refractivity contribution in [2.75, 3.05) is 25.1 Å². The maximum atomic E-state index is 13.6. The Bertz CT molecular complexity index is 1440. The summed E-state index contributed by atoms with van der Waals surface area (Å²) >= 11 is 5.96. The fourth-order valence-electron chi connectivity index (χ4n) is 5.95. The Morgan fingerprint density at radius 2 is 1.84 bits per heavy atom. The average molecular weight is 645 g/mol. The van der Waals surface area contributed by atoms with Crippen molar-refractivity contribution in [1.82, 2.24) is 15.1 Å². The largest absolute Gasteiger partial charge is 0.573 e. The normalized spacial score (nSPS) is 23.2. The van der Waals surface area contributed by atoms with E-state index in [-0.39, 0.29) is 58.3 Å². The molecule has 236 valence electrons. The highest BCUT2D eigenvalue weighted by Gasteiger charge is 2.44. The summed E-state index contributed by atoms with van der Waals surface area (Å²) in [6, 6.07) is 8.05. The van der Waals surface area contributed by atoms with Crippen molar-refractivity contribution in [2.45, 2.75) is 75.0 Å². The van der Waals surface area contributed by atoms with Crippen LogP contribution < -0.4 is 15.8 Å². The zero-order valence-electron chi connectivity index (χ0n) is 24.1. The van der Waals surface area contributed by atoms with Crippen LogP contribution in [0.25, 0.3) is 0 Å². The lowest BCUT2D eigenvalue weighted by Crippen LogP contribution is -2.53. The van der Waals surface area contributed by atoms with E-state index in [2.05, 4.69) is 28.8 Å². The average Bonchev–Trinajstić information content (AvgIpc) is 3.27. The van der Waals surface area contributed by atoms with Crippen molar-refractivity contribution in [3.63, 3.8) is 0 Å². The Balaban J connectivity index is 1.52. The van der Waals surface area contributed by atoms with Gasteiger partial charge in [-0.15, -0.1) is 13.2 Å². The van der Waals surface area contributed by atoms with Gasteiger partial charge in [-0.05, 0) is 95.0 Å². The van der Waals surface area contributed by atoms with E-state index in [1.54, 1.807) is 4.90 Å². The summed E-state index contributed by atoms with van der Waals surface area (Å²) in [5, 5.41) is 3.02. The number of benzene rings is 2. The summed E-state index contributed by atoms with van der Waals surface area (Å²) in [7, 11) is -1.70. The molecule has 2 fully saturated rings. The molecule has 4 atom stereocenters. The van der Waals surface area contributed by atoms with Gasteiger partial charge >= 0.3 is 6.36 Å². The molecule has 2 aromatic carbocycles. The molecule has 1 saturated carbocycles. The standard InChI is InChI=1S/C29H36ClF3N4O5S/c1-17(2)36(3)20-6-11-26(18(14-20)16-43(40,41)22-8-4-19(30)5-9-22)37-13-12-25(28(37)39)35-27(38)23-15-21(7-10-24(23)34)42-29(31,32)33/h4-5,7-10,15,17-18,20,25-26H,6,11-14,16,34H2,1-3H3,(H,35,38)/t18-,20-,25+,26+/m1/s1. The van der Waals surface area contributed by atoms with E-state index in [0.717, 1.165) is 24.6 Å². The lowest BCUT2D eigenvalue weighted by atomic mass is 9.81. The number of halogens is 4. The molecule has 2 aliphatic rings. The molecule has 0 spiro atoms. The van der Waals surface area contributed by atoms with Gasteiger partial charge in [-0.2, -0.15) is 0 Å². The van der Waals surface area contributed by atoms with Gasteiger partial charge in [-0.1, -0.05) is 11.6 Å². The van der Waals surface area contributed by atoms with Gasteiger partial charge in [0, 0.05) is 35.4 Å². The molecule has 1 aliphatic carbocycles. The van der Waals surface area contributed by atoms with Crippen molar-refractivity contribution in [3.8, 4) is 5.75 Å². The number of alkyl halides is 3. The van der Waals surface area contributed by atoms with Crippen LogP contribution in [0.1, 0.15) is 49.9 Å². The number of nitrogens with one attached hydrogen (secondary N) is 1. The maximum absolute atomic E-state index is 13.6. The molecule has 9 nitrogen and oxygen atoms in total. The minimum Gasteiger partial charge on any atom is -0.406 e. The molecule has 0 radical (unpaired) electrons. The predicted molar refractivity (Wildman–Crippen MR) is 156 cm³/mol. The molecule has 2 aromatic rings. The van der Waals surface area contributed by atoms with E-state index < -0.39 is 33.9 Å². The second-order valence-electron chi connectivity index (χ2n) is 11.4. The fourth-order valence-corrected chi connectivity index (χ4v) is 7.75. The number of hydrogen-bond acceptors (Lipinski definition) is 7. The number of anilines is 1. The van der Waals surface area contributed by atoms with Crippen LogP contribution in [0.3, 0.4) is 0 Å². The van der Waals surface area contributed by atoms with Crippen LogP contribution in [0, 0.1) is 5.92 Å². The maximum Gasteiger partial charge on any atom is 0.573 e. The second-order valence-corrected chi connectivity index (χ2v) is 13.9. The Hall–Kier alpha value is -3.03. The quantitative estimate of drug-likeness (QED) is 0.386. The lowest BCUT2D eigenvalue weighted by Gasteiger charge is -2.44. The molecule has 43 heavy (non-hydrogen) atoms. The number of nitrogens with two attached hydrogens (primary N) is 1. The van der Waals surface area contributed by atoms with Gasteiger partial charge in [0.15, 0.2) is 9.84 Å². The van der Waals surface area contributed by atoms with Crippen LogP contribution in [0.15, 0.2) is 47.4 Å². The van der Waals surface area contributed by atoms with Crippen molar-refractivity contribution in [1.29, 1.82) is 0 Å². The molecule has 1 aliphatic heterocycles. The highest BCUT2D eigenvalue weighted by Crippen LogP contribution is 2.36. The van der Waals surface area contributed by atoms with Crippen LogP contribution in [-0.4, -0.2) is 79.9 Å². The molecule has 4 rings (SSSR count). The van der Waals surface area contributed by atoms with Crippen molar-refractivity contribution in [2.24, 2.45) is 5.92 Å². The van der Waals surface area contributed by atoms with Crippen LogP contribution in [0.4, 0.5) is 18.9 Å². The van der Waals surface area contributed by atoms with E-state index in [9.17, 15) is 31.2 Å². The summed E-state index contributed by atoms with van der Waals surface area (Å²) in [5.41, 5.74) is 5.51. The first-order valence-electron chi connectivity index (χ1n) is 14.0. The molecule has 2 amide bonds. The van der Waals surface area contributed by atoms with Gasteiger partial charge in [0.2, 0.25) is 5.91 Å². The molecule has 0 unspecified atom stereocenters. The first kappa shape index (κ1) is 32.9. The fraction of sp³-hybridized carbons (Fsp3) is 0.517. The van der Waals surface area contributed by atoms with Gasteiger partial charge in [0.1, 0.15) is 11.8 Å². The third-order valence-electron chi connectivity index (χ3n) is 8.36. The summed E-state index contributed by atoms with van der Waals surface area (Å²) in [6.07, 6.45) is -2.79. The van der Waals surface area contributed by atoms with E-state index in [4.69, 9.17) is 17.3 Å². The first-order valence-corrected chi connectivity index (χ1v) is 16.1. The number of nitrogens with zero attached hydrogens (tertiary/aromatic N) is 2. The molecule has 1 heterocycles. The zero-order chi connectivity index (χ0) is 31.7. The highest BCUT2D eigenvalue weighted by atomic mass is 35.5. The number of carbonyl (C=O) groups is 2. The number of nitrogen functional groups attached to an aromatic ring is 1. The molecule has 0 aromatic heterocycles. The van der Waals surface area contributed by atoms with Gasteiger partial charge in [0.25, 0.3) is 5.91 Å². The molecular formula is C29H36ClF3N4O5S. The number of likely N-dealkylation sites (tertiary alicyclic amines) is 1. The van der Waals surface area contributed by atoms with Gasteiger partial charge < -0.3 is 25.6 Å². The zero-order valence-corrected chi connectivity index (χ0v) is 25.7. The van der Waals surface area contributed by atoms with E-state index in [1.165, 1.54) is 24.3 Å². The first-order chi connectivity index (χ1) is 20.1. The number of ether oxygens (including phenoxy) is 1. The SMILES string of the molecule is CC(C)N(C)[C@@H]1CC[C@H](N2CC[C@H](NC(=O)c3cc(OC(F)(F)F)ccc3N)C2=O)[C@@H](CS(=O)(=O)c2ccc(Cl)cc2)C1. The predicted octanol–water partition coefficient (Wildman–Crippen LogP) is 4.50. The van der Waals surface area contributed by atoms with Gasteiger partial charge in [-0.3, -0.25) is 9.59 Å². The summed E-state index contributed by atoms with van der Waals surface area (Å²) in [5.74, 6) is -2.32. The lowest BCUT2D eigenvalue weighted by molar-refractivity contribution is -0.274. The number of rotatable bonds is 9. The molecule has 14 heteroatoms. The molecule has 3 N–H and O–H groups in total. The Labute approximate surface area is 254 Å².